The van der Waals surface area contributed by atoms with E-state index in [0.29, 0.717) is 70.3 Å². The van der Waals surface area contributed by atoms with Gasteiger partial charge in [0.2, 0.25) is 12.8 Å². The molecule has 17 heteroatoms. The zero-order valence-corrected chi connectivity index (χ0v) is 24.6. The van der Waals surface area contributed by atoms with Crippen LogP contribution in [0.3, 0.4) is 0 Å². The minimum Gasteiger partial charge on any atom is -0.449 e. The summed E-state index contributed by atoms with van der Waals surface area (Å²) in [6.07, 6.45) is 2.52. The number of aliphatic hydroxyl groups is 2. The van der Waals surface area contributed by atoms with Crippen molar-refractivity contribution in [1.29, 1.82) is 0 Å². The number of hydrogen-bond donors (Lipinski definition) is 4. The average Bonchev–Trinajstić information content (AvgIpc) is 2.93. The zero-order valence-electron chi connectivity index (χ0n) is 22.2. The molecule has 0 unspecified atom stereocenters. The van der Waals surface area contributed by atoms with E-state index in [2.05, 4.69) is 20.6 Å². The largest absolute Gasteiger partial charge is 0.449 e. The Labute approximate surface area is 242 Å². The van der Waals surface area contributed by atoms with Gasteiger partial charge >= 0.3 is 12.2 Å². The summed E-state index contributed by atoms with van der Waals surface area (Å²) >= 11 is 4.85. The first-order chi connectivity index (χ1) is 19.2. The van der Waals surface area contributed by atoms with Crippen molar-refractivity contribution >= 4 is 60.3 Å². The molecule has 0 heterocycles. The van der Waals surface area contributed by atoms with E-state index in [1.165, 1.54) is 12.8 Å². The second-order valence-electron chi connectivity index (χ2n) is 6.98. The monoisotopic (exact) mass is 618 g/mol. The Balaban J connectivity index is 3.28. The molecule has 0 aromatic carbocycles. The van der Waals surface area contributed by atoms with Gasteiger partial charge in [-0.3, -0.25) is 9.98 Å². The summed E-state index contributed by atoms with van der Waals surface area (Å²) in [7, 11) is 0. The highest BCUT2D eigenvalue weighted by molar-refractivity contribution is 7.99. The van der Waals surface area contributed by atoms with Crippen LogP contribution in [0, 0.1) is 0 Å². The highest BCUT2D eigenvalue weighted by atomic mass is 32.2. The van der Waals surface area contributed by atoms with Crippen molar-refractivity contribution in [3.8, 4) is 0 Å². The fourth-order valence-electron chi connectivity index (χ4n) is 2.06. The molecule has 0 aliphatic heterocycles. The Morgan fingerprint density at radius 3 is 1.72 bits per heavy atom. The van der Waals surface area contributed by atoms with Gasteiger partial charge in [-0.15, -0.1) is 0 Å². The topological polar surface area (TPSA) is 179 Å². The lowest BCUT2D eigenvalue weighted by Crippen LogP contribution is -2.27. The second kappa shape index (κ2) is 32.6. The molecule has 0 saturated heterocycles. The number of aliphatic hydroxyl groups excluding tert-OH is 2. The van der Waals surface area contributed by atoms with E-state index in [1.54, 1.807) is 35.3 Å². The number of amides is 2. The van der Waals surface area contributed by atoms with Crippen molar-refractivity contribution in [1.82, 2.24) is 10.6 Å². The highest BCUT2D eigenvalue weighted by Gasteiger charge is 2.01. The molecule has 0 aromatic heterocycles. The van der Waals surface area contributed by atoms with E-state index in [-0.39, 0.29) is 19.8 Å². The van der Waals surface area contributed by atoms with Gasteiger partial charge < -0.3 is 40.1 Å². The third-order valence-corrected chi connectivity index (χ3v) is 6.66. The van der Waals surface area contributed by atoms with Crippen LogP contribution in [0.2, 0.25) is 0 Å². The van der Waals surface area contributed by atoms with Crippen LogP contribution in [0.15, 0.2) is 9.98 Å². The van der Waals surface area contributed by atoms with Crippen LogP contribution in [-0.4, -0.2) is 136 Å². The maximum absolute atomic E-state index is 11.6. The predicted octanol–water partition coefficient (Wildman–Crippen LogP) is 1.36. The van der Waals surface area contributed by atoms with E-state index in [9.17, 15) is 9.59 Å². The molecule has 0 saturated carbocycles. The molecule has 0 atom stereocenters. The number of alkyl carbamates (subject to hydrolysis) is 2. The Morgan fingerprint density at radius 1 is 0.641 bits per heavy atom. The molecule has 0 aliphatic rings. The molecule has 39 heavy (non-hydrogen) atoms. The van der Waals surface area contributed by atoms with Crippen LogP contribution < -0.4 is 10.6 Å². The Hall–Kier alpha value is -1.63. The van der Waals surface area contributed by atoms with Gasteiger partial charge in [0.25, 0.3) is 0 Å². The van der Waals surface area contributed by atoms with Crippen LogP contribution in [0.5, 0.6) is 0 Å². The number of carbonyl (C=O) groups excluding carboxylic acids is 2. The molecule has 0 aliphatic carbocycles. The molecular weight excluding hydrogens is 576 g/mol. The van der Waals surface area contributed by atoms with Crippen molar-refractivity contribution < 1.29 is 48.8 Å². The lowest BCUT2D eigenvalue weighted by atomic mass is 10.5. The van der Waals surface area contributed by atoms with Crippen molar-refractivity contribution in [3.05, 3.63) is 0 Å². The fraction of sp³-hybridized carbons (Fsp3) is 0.818. The molecule has 228 valence electrons. The lowest BCUT2D eigenvalue weighted by molar-refractivity contribution is -0.218. The summed E-state index contributed by atoms with van der Waals surface area (Å²) in [4.78, 5) is 50.2. The molecular formula is C22H42N4O10S3. The van der Waals surface area contributed by atoms with Gasteiger partial charge in [-0.25, -0.2) is 9.59 Å². The van der Waals surface area contributed by atoms with E-state index < -0.39 is 12.2 Å². The van der Waals surface area contributed by atoms with Gasteiger partial charge in [-0.05, 0) is 6.42 Å². The Morgan fingerprint density at radius 2 is 1.13 bits per heavy atom. The predicted molar refractivity (Wildman–Crippen MR) is 155 cm³/mol. The minimum absolute atomic E-state index is 0.00234. The van der Waals surface area contributed by atoms with Crippen LogP contribution in [0.25, 0.3) is 0 Å². The molecule has 0 rings (SSSR count). The zero-order chi connectivity index (χ0) is 28.5. The molecule has 0 spiro atoms. The van der Waals surface area contributed by atoms with E-state index in [4.69, 9.17) is 39.2 Å². The van der Waals surface area contributed by atoms with E-state index in [1.807, 2.05) is 0 Å². The van der Waals surface area contributed by atoms with Crippen LogP contribution in [-0.2, 0) is 29.0 Å². The van der Waals surface area contributed by atoms with Gasteiger partial charge in [0.05, 0.1) is 26.3 Å². The summed E-state index contributed by atoms with van der Waals surface area (Å²) in [6.45, 7) is 3.40. The van der Waals surface area contributed by atoms with Crippen molar-refractivity contribution in [3.63, 3.8) is 0 Å². The van der Waals surface area contributed by atoms with Gasteiger partial charge in [0, 0.05) is 67.2 Å². The SMILES string of the molecule is O=C(NCCSCCN=COOCCSCCOC(=O)NCCSCCN=COOCCCO)OCCCO. The molecule has 0 radical (unpaired) electrons. The van der Waals surface area contributed by atoms with Gasteiger partial charge in [0.15, 0.2) is 0 Å². The number of nitrogens with zero attached hydrogens (tertiary/aromatic N) is 2. The van der Waals surface area contributed by atoms with Gasteiger partial charge in [-0.1, -0.05) is 0 Å². The summed E-state index contributed by atoms with van der Waals surface area (Å²) in [5, 5.41) is 22.5. The molecule has 0 bridgehead atoms. The summed E-state index contributed by atoms with van der Waals surface area (Å²) in [6, 6.07) is 0. The molecule has 0 aromatic rings. The van der Waals surface area contributed by atoms with Crippen LogP contribution >= 0.6 is 35.3 Å². The van der Waals surface area contributed by atoms with E-state index >= 15 is 0 Å². The first kappa shape index (κ1) is 37.4. The molecule has 4 N–H and O–H groups in total. The number of aliphatic imine (C=N–C) groups is 2. The maximum atomic E-state index is 11.6. The Bertz CT molecular complexity index is 625. The summed E-state index contributed by atoms with van der Waals surface area (Å²) < 4.78 is 9.94. The molecule has 0 fully saturated rings. The minimum atomic E-state index is -0.477. The van der Waals surface area contributed by atoms with Gasteiger partial charge in [0.1, 0.15) is 13.2 Å². The maximum Gasteiger partial charge on any atom is 0.407 e. The quantitative estimate of drug-likeness (QED) is 0.0325. The standard InChI is InChI=1S/C22H42N4O10S3/c27-7-1-9-31-21(29)25-5-15-37-14-4-24-20-36-34-12-18-39-17-11-32-22(30)26-6-16-38-13-3-23-19-35-33-10-2-8-28/h19-20,27-28H,1-18H2,(H,25,29)(H,26,30). The van der Waals surface area contributed by atoms with Crippen molar-refractivity contribution in [2.75, 3.05) is 100 Å². The molecule has 14 nitrogen and oxygen atoms in total. The first-order valence-corrected chi connectivity index (χ1v) is 16.0. The number of rotatable bonds is 28. The smallest absolute Gasteiger partial charge is 0.407 e. The Kier molecular flexibility index (Phi) is 31.2. The number of hydrogen-bond acceptors (Lipinski definition) is 15. The number of ether oxygens (including phenoxy) is 2. The number of thioether (sulfide) groups is 3. The van der Waals surface area contributed by atoms with Crippen molar-refractivity contribution in [2.24, 2.45) is 9.98 Å². The lowest BCUT2D eigenvalue weighted by Gasteiger charge is -2.06. The normalized spacial score (nSPS) is 11.1. The number of nitrogens with one attached hydrogen (secondary N) is 2. The highest BCUT2D eigenvalue weighted by Crippen LogP contribution is 2.01. The van der Waals surface area contributed by atoms with E-state index in [0.717, 1.165) is 23.0 Å². The number of carbonyl (C=O) groups is 2. The van der Waals surface area contributed by atoms with Crippen LogP contribution in [0.1, 0.15) is 12.8 Å². The second-order valence-corrected chi connectivity index (χ2v) is 10.7. The summed E-state index contributed by atoms with van der Waals surface area (Å²) in [5.41, 5.74) is 0. The fourth-order valence-corrected chi connectivity index (χ4v) is 4.02. The van der Waals surface area contributed by atoms with Crippen molar-refractivity contribution in [2.45, 2.75) is 12.8 Å². The molecule has 2 amide bonds. The summed E-state index contributed by atoms with van der Waals surface area (Å²) in [5.74, 6) is 4.38. The third kappa shape index (κ3) is 32.5. The third-order valence-electron chi connectivity index (χ3n) is 3.83. The van der Waals surface area contributed by atoms with Gasteiger partial charge in [-0.2, -0.15) is 45.1 Å². The average molecular weight is 619 g/mol. The first-order valence-electron chi connectivity index (χ1n) is 12.5. The van der Waals surface area contributed by atoms with Crippen LogP contribution in [0.4, 0.5) is 9.59 Å².